The minimum Gasteiger partial charge on any atom is -0.326 e. The molecule has 2 N–H and O–H groups in total. The standard InChI is InChI=1S/C12H14Cl2N2O.ClH/c13-10-2-1-9(6-11(10)14)16-12(17)5-8-3-4-15-7-8;/h1-2,6,8,15H,3-5,7H2,(H,16,17);1H. The smallest absolute Gasteiger partial charge is 0.224 e. The number of halogens is 3. The van der Waals surface area contributed by atoms with Crippen LogP contribution in [-0.2, 0) is 4.79 Å². The average molecular weight is 310 g/mol. The van der Waals surface area contributed by atoms with E-state index in [0.717, 1.165) is 19.5 Å². The number of carbonyl (C=O) groups is 1. The third-order valence-electron chi connectivity index (χ3n) is 2.84. The molecule has 0 saturated carbocycles. The Morgan fingerprint density at radius 3 is 2.78 bits per heavy atom. The van der Waals surface area contributed by atoms with Gasteiger partial charge in [-0.3, -0.25) is 4.79 Å². The van der Waals surface area contributed by atoms with Crippen molar-refractivity contribution >= 4 is 47.2 Å². The molecular formula is C12H15Cl3N2O. The first-order valence-electron chi connectivity index (χ1n) is 5.61. The second-order valence-corrected chi connectivity index (χ2v) is 5.05. The van der Waals surface area contributed by atoms with E-state index < -0.39 is 0 Å². The fraction of sp³-hybridized carbons (Fsp3) is 0.417. The third kappa shape index (κ3) is 4.32. The molecule has 1 atom stereocenters. The molecule has 6 heteroatoms. The summed E-state index contributed by atoms with van der Waals surface area (Å²) >= 11 is 11.7. The highest BCUT2D eigenvalue weighted by molar-refractivity contribution is 6.42. The van der Waals surface area contributed by atoms with Crippen molar-refractivity contribution in [3.8, 4) is 0 Å². The van der Waals surface area contributed by atoms with Crippen molar-refractivity contribution < 1.29 is 4.79 Å². The highest BCUT2D eigenvalue weighted by Crippen LogP contribution is 2.25. The maximum atomic E-state index is 11.7. The number of amides is 1. The first-order chi connectivity index (χ1) is 8.15. The molecule has 1 aromatic rings. The Labute approximate surface area is 123 Å². The predicted molar refractivity (Wildman–Crippen MR) is 77.9 cm³/mol. The van der Waals surface area contributed by atoms with Crippen molar-refractivity contribution in [3.05, 3.63) is 28.2 Å². The summed E-state index contributed by atoms with van der Waals surface area (Å²) in [6, 6.07) is 5.09. The van der Waals surface area contributed by atoms with Gasteiger partial charge in [0.15, 0.2) is 0 Å². The van der Waals surface area contributed by atoms with E-state index >= 15 is 0 Å². The van der Waals surface area contributed by atoms with Crippen LogP contribution in [0.5, 0.6) is 0 Å². The molecule has 1 fully saturated rings. The number of rotatable bonds is 3. The van der Waals surface area contributed by atoms with Gasteiger partial charge in [0.25, 0.3) is 0 Å². The van der Waals surface area contributed by atoms with Gasteiger partial charge in [-0.15, -0.1) is 12.4 Å². The lowest BCUT2D eigenvalue weighted by Crippen LogP contribution is -2.18. The molecule has 1 heterocycles. The van der Waals surface area contributed by atoms with E-state index in [1.54, 1.807) is 18.2 Å². The molecule has 18 heavy (non-hydrogen) atoms. The largest absolute Gasteiger partial charge is 0.326 e. The highest BCUT2D eigenvalue weighted by Gasteiger charge is 2.18. The molecule has 0 aliphatic carbocycles. The van der Waals surface area contributed by atoms with Crippen LogP contribution in [0, 0.1) is 5.92 Å². The Bertz CT molecular complexity index is 420. The van der Waals surface area contributed by atoms with Gasteiger partial charge in [-0.1, -0.05) is 23.2 Å². The fourth-order valence-electron chi connectivity index (χ4n) is 1.94. The van der Waals surface area contributed by atoms with Gasteiger partial charge in [-0.05, 0) is 43.6 Å². The lowest BCUT2D eigenvalue weighted by Gasteiger charge is -2.09. The molecule has 2 rings (SSSR count). The van der Waals surface area contributed by atoms with Crippen LogP contribution in [0.3, 0.4) is 0 Å². The SMILES string of the molecule is Cl.O=C(CC1CCNC1)Nc1ccc(Cl)c(Cl)c1. The van der Waals surface area contributed by atoms with Gasteiger partial charge in [-0.25, -0.2) is 0 Å². The molecule has 3 nitrogen and oxygen atoms in total. The zero-order valence-electron chi connectivity index (χ0n) is 9.71. The Morgan fingerprint density at radius 1 is 1.39 bits per heavy atom. The van der Waals surface area contributed by atoms with Gasteiger partial charge in [0, 0.05) is 12.1 Å². The topological polar surface area (TPSA) is 41.1 Å². The van der Waals surface area contributed by atoms with Crippen LogP contribution in [0.15, 0.2) is 18.2 Å². The van der Waals surface area contributed by atoms with Crippen molar-refractivity contribution in [1.29, 1.82) is 0 Å². The van der Waals surface area contributed by atoms with E-state index in [4.69, 9.17) is 23.2 Å². The van der Waals surface area contributed by atoms with Gasteiger partial charge < -0.3 is 10.6 Å². The maximum Gasteiger partial charge on any atom is 0.224 e. The van der Waals surface area contributed by atoms with E-state index in [1.807, 2.05) is 0 Å². The van der Waals surface area contributed by atoms with Crippen LogP contribution in [0.25, 0.3) is 0 Å². The quantitative estimate of drug-likeness (QED) is 0.899. The lowest BCUT2D eigenvalue weighted by atomic mass is 10.0. The summed E-state index contributed by atoms with van der Waals surface area (Å²) in [5.74, 6) is 0.467. The summed E-state index contributed by atoms with van der Waals surface area (Å²) in [6.07, 6.45) is 1.61. The fourth-order valence-corrected chi connectivity index (χ4v) is 2.23. The van der Waals surface area contributed by atoms with Crippen LogP contribution in [0.2, 0.25) is 10.0 Å². The predicted octanol–water partition coefficient (Wildman–Crippen LogP) is 3.35. The number of carbonyl (C=O) groups excluding carboxylic acids is 1. The van der Waals surface area contributed by atoms with E-state index in [0.29, 0.717) is 28.1 Å². The van der Waals surface area contributed by atoms with Crippen LogP contribution in [0.4, 0.5) is 5.69 Å². The molecule has 0 aromatic heterocycles. The lowest BCUT2D eigenvalue weighted by molar-refractivity contribution is -0.116. The molecule has 0 spiro atoms. The molecule has 1 aliphatic rings. The molecule has 1 amide bonds. The minimum absolute atomic E-state index is 0. The van der Waals surface area contributed by atoms with Crippen molar-refractivity contribution in [2.75, 3.05) is 18.4 Å². The zero-order chi connectivity index (χ0) is 12.3. The van der Waals surface area contributed by atoms with E-state index in [9.17, 15) is 4.79 Å². The van der Waals surface area contributed by atoms with Gasteiger partial charge in [0.1, 0.15) is 0 Å². The first-order valence-corrected chi connectivity index (χ1v) is 6.36. The van der Waals surface area contributed by atoms with Crippen LogP contribution in [0.1, 0.15) is 12.8 Å². The minimum atomic E-state index is 0. The Hall–Kier alpha value is -0.480. The summed E-state index contributed by atoms with van der Waals surface area (Å²) in [5, 5.41) is 7.01. The second kappa shape index (κ2) is 7.19. The molecular weight excluding hydrogens is 295 g/mol. The number of hydrogen-bond donors (Lipinski definition) is 2. The Morgan fingerprint density at radius 2 is 2.17 bits per heavy atom. The average Bonchev–Trinajstić information content (AvgIpc) is 2.76. The van der Waals surface area contributed by atoms with Crippen molar-refractivity contribution in [1.82, 2.24) is 5.32 Å². The normalized spacial score (nSPS) is 18.2. The molecule has 1 aromatic carbocycles. The summed E-state index contributed by atoms with van der Waals surface area (Å²) in [7, 11) is 0. The third-order valence-corrected chi connectivity index (χ3v) is 3.58. The monoisotopic (exact) mass is 308 g/mol. The summed E-state index contributed by atoms with van der Waals surface area (Å²) in [6.45, 7) is 1.93. The molecule has 100 valence electrons. The zero-order valence-corrected chi connectivity index (χ0v) is 12.0. The van der Waals surface area contributed by atoms with Gasteiger partial charge in [0.2, 0.25) is 5.91 Å². The number of benzene rings is 1. The number of hydrogen-bond acceptors (Lipinski definition) is 2. The Balaban J connectivity index is 0.00000162. The van der Waals surface area contributed by atoms with E-state index in [2.05, 4.69) is 10.6 Å². The molecule has 1 aliphatic heterocycles. The summed E-state index contributed by atoms with van der Waals surface area (Å²) in [4.78, 5) is 11.7. The van der Waals surface area contributed by atoms with Crippen molar-refractivity contribution in [2.24, 2.45) is 5.92 Å². The number of nitrogens with one attached hydrogen (secondary N) is 2. The van der Waals surface area contributed by atoms with Crippen molar-refractivity contribution in [3.63, 3.8) is 0 Å². The molecule has 0 bridgehead atoms. The van der Waals surface area contributed by atoms with Crippen LogP contribution >= 0.6 is 35.6 Å². The van der Waals surface area contributed by atoms with Crippen LogP contribution in [-0.4, -0.2) is 19.0 Å². The molecule has 1 saturated heterocycles. The van der Waals surface area contributed by atoms with Gasteiger partial charge >= 0.3 is 0 Å². The maximum absolute atomic E-state index is 11.7. The molecule has 0 radical (unpaired) electrons. The molecule has 1 unspecified atom stereocenters. The number of anilines is 1. The van der Waals surface area contributed by atoms with E-state index in [-0.39, 0.29) is 18.3 Å². The first kappa shape index (κ1) is 15.6. The second-order valence-electron chi connectivity index (χ2n) is 4.24. The van der Waals surface area contributed by atoms with E-state index in [1.165, 1.54) is 0 Å². The van der Waals surface area contributed by atoms with Gasteiger partial charge in [0.05, 0.1) is 10.0 Å². The van der Waals surface area contributed by atoms with Crippen molar-refractivity contribution in [2.45, 2.75) is 12.8 Å². The van der Waals surface area contributed by atoms with Gasteiger partial charge in [-0.2, -0.15) is 0 Å². The summed E-state index contributed by atoms with van der Waals surface area (Å²) in [5.41, 5.74) is 0.690. The summed E-state index contributed by atoms with van der Waals surface area (Å²) < 4.78 is 0. The Kier molecular flexibility index (Phi) is 6.22. The van der Waals surface area contributed by atoms with Crippen LogP contribution < -0.4 is 10.6 Å². The highest BCUT2D eigenvalue weighted by atomic mass is 35.5.